The van der Waals surface area contributed by atoms with Gasteiger partial charge in [-0.2, -0.15) is 13.2 Å². The highest BCUT2D eigenvalue weighted by atomic mass is 19.4. The summed E-state index contributed by atoms with van der Waals surface area (Å²) in [6, 6.07) is 6.63. The predicted molar refractivity (Wildman–Crippen MR) is 62.8 cm³/mol. The summed E-state index contributed by atoms with van der Waals surface area (Å²) < 4.78 is 44.9. The SMILES string of the molecule is C/C(=N/O)c1ccc(OCCOCC(F)(F)F)cc1. The van der Waals surface area contributed by atoms with Crippen molar-refractivity contribution in [3.05, 3.63) is 29.8 Å². The molecule has 0 radical (unpaired) electrons. The fraction of sp³-hybridized carbons (Fsp3) is 0.417. The molecule has 0 bridgehead atoms. The molecule has 0 saturated heterocycles. The van der Waals surface area contributed by atoms with E-state index in [4.69, 9.17) is 9.94 Å². The van der Waals surface area contributed by atoms with Crippen LogP contribution in [-0.2, 0) is 4.74 Å². The van der Waals surface area contributed by atoms with Crippen LogP contribution in [0.15, 0.2) is 29.4 Å². The van der Waals surface area contributed by atoms with Crippen LogP contribution in [0.25, 0.3) is 0 Å². The number of alkyl halides is 3. The Morgan fingerprint density at radius 2 is 1.84 bits per heavy atom. The van der Waals surface area contributed by atoms with Crippen molar-refractivity contribution in [1.29, 1.82) is 0 Å². The van der Waals surface area contributed by atoms with Crippen LogP contribution in [0.4, 0.5) is 13.2 Å². The number of oxime groups is 1. The molecule has 1 N–H and O–H groups in total. The second-order valence-electron chi connectivity index (χ2n) is 3.73. The predicted octanol–water partition coefficient (Wildman–Crippen LogP) is 2.84. The van der Waals surface area contributed by atoms with Crippen molar-refractivity contribution in [2.45, 2.75) is 13.1 Å². The van der Waals surface area contributed by atoms with E-state index < -0.39 is 12.8 Å². The first-order valence-electron chi connectivity index (χ1n) is 5.49. The first-order chi connectivity index (χ1) is 8.92. The highest BCUT2D eigenvalue weighted by Crippen LogP contribution is 2.15. The van der Waals surface area contributed by atoms with Crippen LogP contribution in [0.5, 0.6) is 5.75 Å². The highest BCUT2D eigenvalue weighted by Gasteiger charge is 2.27. The van der Waals surface area contributed by atoms with E-state index in [1.807, 2.05) is 0 Å². The molecule has 7 heteroatoms. The van der Waals surface area contributed by atoms with E-state index in [1.54, 1.807) is 31.2 Å². The standard InChI is InChI=1S/C12H14F3NO3/c1-9(16-17)10-2-4-11(5-3-10)19-7-6-18-8-12(13,14)15/h2-5,17H,6-8H2,1H3/b16-9-. The molecule has 0 heterocycles. The minimum atomic E-state index is -4.32. The summed E-state index contributed by atoms with van der Waals surface area (Å²) >= 11 is 0. The summed E-state index contributed by atoms with van der Waals surface area (Å²) in [5.74, 6) is 0.505. The number of ether oxygens (including phenoxy) is 2. The van der Waals surface area contributed by atoms with Gasteiger partial charge in [0, 0.05) is 0 Å². The topological polar surface area (TPSA) is 51.1 Å². The zero-order valence-electron chi connectivity index (χ0n) is 10.3. The Morgan fingerprint density at radius 1 is 1.21 bits per heavy atom. The summed E-state index contributed by atoms with van der Waals surface area (Å²) in [4.78, 5) is 0. The largest absolute Gasteiger partial charge is 0.491 e. The van der Waals surface area contributed by atoms with E-state index in [0.717, 1.165) is 5.56 Å². The van der Waals surface area contributed by atoms with Gasteiger partial charge in [-0.3, -0.25) is 0 Å². The van der Waals surface area contributed by atoms with Crippen molar-refractivity contribution in [2.24, 2.45) is 5.16 Å². The zero-order valence-corrected chi connectivity index (χ0v) is 10.3. The Kier molecular flexibility index (Phi) is 5.62. The Balaban J connectivity index is 2.31. The van der Waals surface area contributed by atoms with E-state index >= 15 is 0 Å². The van der Waals surface area contributed by atoms with Crippen molar-refractivity contribution in [1.82, 2.24) is 0 Å². The lowest BCUT2D eigenvalue weighted by molar-refractivity contribution is -0.175. The molecule has 0 fully saturated rings. The van der Waals surface area contributed by atoms with Gasteiger partial charge >= 0.3 is 6.18 Å². The lowest BCUT2D eigenvalue weighted by Crippen LogP contribution is -2.19. The van der Waals surface area contributed by atoms with Gasteiger partial charge < -0.3 is 14.7 Å². The van der Waals surface area contributed by atoms with Crippen LogP contribution in [0, 0.1) is 0 Å². The van der Waals surface area contributed by atoms with Crippen molar-refractivity contribution in [3.63, 3.8) is 0 Å². The number of rotatable bonds is 6. The zero-order chi connectivity index (χ0) is 14.3. The molecular weight excluding hydrogens is 263 g/mol. The molecule has 0 atom stereocenters. The van der Waals surface area contributed by atoms with E-state index in [-0.39, 0.29) is 13.2 Å². The van der Waals surface area contributed by atoms with Gasteiger partial charge in [0.25, 0.3) is 0 Å². The van der Waals surface area contributed by atoms with Gasteiger partial charge in [0.05, 0.1) is 12.3 Å². The monoisotopic (exact) mass is 277 g/mol. The maximum absolute atomic E-state index is 11.8. The molecule has 0 amide bonds. The molecule has 19 heavy (non-hydrogen) atoms. The molecule has 1 aromatic rings. The molecule has 0 unspecified atom stereocenters. The smallest absolute Gasteiger partial charge is 0.411 e. The maximum Gasteiger partial charge on any atom is 0.411 e. The molecule has 1 aromatic carbocycles. The van der Waals surface area contributed by atoms with Crippen LogP contribution in [0.1, 0.15) is 12.5 Å². The van der Waals surface area contributed by atoms with Crippen LogP contribution in [0.3, 0.4) is 0 Å². The summed E-state index contributed by atoms with van der Waals surface area (Å²) in [5.41, 5.74) is 1.18. The Hall–Kier alpha value is -1.76. The third-order valence-corrected chi connectivity index (χ3v) is 2.18. The number of hydrogen-bond acceptors (Lipinski definition) is 4. The average molecular weight is 277 g/mol. The number of benzene rings is 1. The molecule has 0 aromatic heterocycles. The Bertz CT molecular complexity index is 415. The van der Waals surface area contributed by atoms with Gasteiger partial charge in [-0.15, -0.1) is 0 Å². The van der Waals surface area contributed by atoms with E-state index in [2.05, 4.69) is 9.89 Å². The summed E-state index contributed by atoms with van der Waals surface area (Å²) in [5, 5.41) is 11.6. The molecule has 0 spiro atoms. The fourth-order valence-electron chi connectivity index (χ4n) is 1.26. The molecule has 1 rings (SSSR count). The summed E-state index contributed by atoms with van der Waals surface area (Å²) in [6.45, 7) is 0.253. The van der Waals surface area contributed by atoms with E-state index in [9.17, 15) is 13.2 Å². The molecule has 0 aliphatic carbocycles. The Labute approximate surface area is 108 Å². The minimum Gasteiger partial charge on any atom is -0.491 e. The normalized spacial score (nSPS) is 12.5. The third-order valence-electron chi connectivity index (χ3n) is 2.18. The molecule has 0 saturated carbocycles. The van der Waals surface area contributed by atoms with Gasteiger partial charge in [-0.05, 0) is 36.8 Å². The van der Waals surface area contributed by atoms with Gasteiger partial charge in [0.1, 0.15) is 19.0 Å². The lowest BCUT2D eigenvalue weighted by atomic mass is 10.1. The van der Waals surface area contributed by atoms with Gasteiger partial charge in [-0.1, -0.05) is 5.16 Å². The molecule has 0 aliphatic rings. The maximum atomic E-state index is 11.8. The van der Waals surface area contributed by atoms with Gasteiger partial charge in [0.2, 0.25) is 0 Å². The van der Waals surface area contributed by atoms with Crippen LogP contribution < -0.4 is 4.74 Å². The second-order valence-corrected chi connectivity index (χ2v) is 3.73. The van der Waals surface area contributed by atoms with Crippen LogP contribution in [-0.4, -0.2) is 36.9 Å². The van der Waals surface area contributed by atoms with Crippen LogP contribution in [0.2, 0.25) is 0 Å². The average Bonchev–Trinajstić information content (AvgIpc) is 2.37. The van der Waals surface area contributed by atoms with E-state index in [0.29, 0.717) is 11.5 Å². The first kappa shape index (κ1) is 15.3. The highest BCUT2D eigenvalue weighted by molar-refractivity contribution is 5.98. The quantitative estimate of drug-likeness (QED) is 0.376. The number of nitrogens with zero attached hydrogens (tertiary/aromatic N) is 1. The number of halogens is 3. The van der Waals surface area contributed by atoms with Crippen molar-refractivity contribution in [2.75, 3.05) is 19.8 Å². The second kappa shape index (κ2) is 6.98. The first-order valence-corrected chi connectivity index (χ1v) is 5.49. The minimum absolute atomic E-state index is 0.0303. The molecule has 0 aliphatic heterocycles. The van der Waals surface area contributed by atoms with Crippen LogP contribution >= 0.6 is 0 Å². The van der Waals surface area contributed by atoms with Gasteiger partial charge in [0.15, 0.2) is 0 Å². The number of hydrogen-bond donors (Lipinski definition) is 1. The van der Waals surface area contributed by atoms with Gasteiger partial charge in [-0.25, -0.2) is 0 Å². The lowest BCUT2D eigenvalue weighted by Gasteiger charge is -2.09. The third kappa shape index (κ3) is 6.10. The molecular formula is C12H14F3NO3. The van der Waals surface area contributed by atoms with Crippen molar-refractivity contribution >= 4 is 5.71 Å². The molecule has 4 nitrogen and oxygen atoms in total. The van der Waals surface area contributed by atoms with E-state index in [1.165, 1.54) is 0 Å². The summed E-state index contributed by atoms with van der Waals surface area (Å²) in [7, 11) is 0. The fourth-order valence-corrected chi connectivity index (χ4v) is 1.26. The Morgan fingerprint density at radius 3 is 2.37 bits per heavy atom. The summed E-state index contributed by atoms with van der Waals surface area (Å²) in [6.07, 6.45) is -4.32. The van der Waals surface area contributed by atoms with Crippen molar-refractivity contribution in [3.8, 4) is 5.75 Å². The van der Waals surface area contributed by atoms with Crippen molar-refractivity contribution < 1.29 is 27.9 Å². The molecule has 106 valence electrons.